The summed E-state index contributed by atoms with van der Waals surface area (Å²) in [6.45, 7) is 1.76. The summed E-state index contributed by atoms with van der Waals surface area (Å²) >= 11 is 0. The van der Waals surface area contributed by atoms with Gasteiger partial charge in [-0.1, -0.05) is 0 Å². The number of carbonyl (C=O) groups is 1. The third-order valence-corrected chi connectivity index (χ3v) is 3.64. The van der Waals surface area contributed by atoms with E-state index in [-0.39, 0.29) is 24.2 Å². The fourth-order valence-electron chi connectivity index (χ4n) is 2.48. The maximum absolute atomic E-state index is 12.3. The van der Waals surface area contributed by atoms with E-state index in [4.69, 9.17) is 14.2 Å². The summed E-state index contributed by atoms with van der Waals surface area (Å²) in [6, 6.07) is 3.47. The van der Waals surface area contributed by atoms with E-state index in [1.165, 1.54) is 0 Å². The molecule has 2 rings (SSSR count). The second-order valence-corrected chi connectivity index (χ2v) is 4.93. The van der Waals surface area contributed by atoms with Gasteiger partial charge in [0.2, 0.25) is 11.7 Å². The number of nitrogens with one attached hydrogen (secondary N) is 2. The van der Waals surface area contributed by atoms with Gasteiger partial charge in [0.05, 0.1) is 21.3 Å². The van der Waals surface area contributed by atoms with Crippen LogP contribution in [0.25, 0.3) is 0 Å². The summed E-state index contributed by atoms with van der Waals surface area (Å²) in [7, 11) is 4.65. The maximum atomic E-state index is 12.3. The Morgan fingerprint density at radius 1 is 1.09 bits per heavy atom. The van der Waals surface area contributed by atoms with Crippen LogP contribution in [0.5, 0.6) is 17.2 Å². The molecule has 1 amide bonds. The SMILES string of the molecule is COc1cc(NC(=O)C2CCNCC2)cc(OC)c1OC.Cl. The Bertz CT molecular complexity index is 479. The van der Waals surface area contributed by atoms with Crippen molar-refractivity contribution in [2.45, 2.75) is 12.8 Å². The van der Waals surface area contributed by atoms with Crippen molar-refractivity contribution in [2.75, 3.05) is 39.7 Å². The number of ether oxygens (including phenoxy) is 3. The van der Waals surface area contributed by atoms with E-state index in [0.29, 0.717) is 22.9 Å². The summed E-state index contributed by atoms with van der Waals surface area (Å²) in [5, 5.41) is 6.18. The van der Waals surface area contributed by atoms with E-state index in [2.05, 4.69) is 10.6 Å². The number of methoxy groups -OCH3 is 3. The number of halogens is 1. The molecule has 1 aromatic rings. The van der Waals surface area contributed by atoms with Gasteiger partial charge in [-0.15, -0.1) is 12.4 Å². The number of piperidine rings is 1. The molecule has 0 atom stereocenters. The molecule has 1 aliphatic heterocycles. The van der Waals surface area contributed by atoms with Crippen LogP contribution in [0.2, 0.25) is 0 Å². The third-order valence-electron chi connectivity index (χ3n) is 3.64. The minimum atomic E-state index is 0. The van der Waals surface area contributed by atoms with Crippen molar-refractivity contribution < 1.29 is 19.0 Å². The van der Waals surface area contributed by atoms with Crippen LogP contribution < -0.4 is 24.8 Å². The first-order valence-corrected chi connectivity index (χ1v) is 7.01. The summed E-state index contributed by atoms with van der Waals surface area (Å²) in [4.78, 5) is 12.3. The predicted octanol–water partition coefficient (Wildman–Crippen LogP) is 2.07. The lowest BCUT2D eigenvalue weighted by Crippen LogP contribution is -2.34. The molecule has 6 nitrogen and oxygen atoms in total. The van der Waals surface area contributed by atoms with Crippen molar-refractivity contribution in [2.24, 2.45) is 5.92 Å². The van der Waals surface area contributed by atoms with Crippen molar-refractivity contribution in [3.05, 3.63) is 12.1 Å². The molecule has 1 saturated heterocycles. The molecule has 7 heteroatoms. The Kier molecular flexibility index (Phi) is 7.27. The number of rotatable bonds is 5. The Balaban J connectivity index is 0.00000242. The predicted molar refractivity (Wildman–Crippen MR) is 87.6 cm³/mol. The normalized spacial score (nSPS) is 14.7. The van der Waals surface area contributed by atoms with Gasteiger partial charge >= 0.3 is 0 Å². The average Bonchev–Trinajstić information content (AvgIpc) is 2.54. The highest BCUT2D eigenvalue weighted by Crippen LogP contribution is 2.40. The molecule has 1 aromatic carbocycles. The van der Waals surface area contributed by atoms with Crippen molar-refractivity contribution in [1.29, 1.82) is 0 Å². The largest absolute Gasteiger partial charge is 0.493 e. The lowest BCUT2D eigenvalue weighted by Gasteiger charge is -2.22. The minimum Gasteiger partial charge on any atom is -0.493 e. The van der Waals surface area contributed by atoms with Crippen molar-refractivity contribution in [3.63, 3.8) is 0 Å². The zero-order valence-electron chi connectivity index (χ0n) is 13.1. The van der Waals surface area contributed by atoms with E-state index in [1.807, 2.05) is 0 Å². The van der Waals surface area contributed by atoms with E-state index < -0.39 is 0 Å². The van der Waals surface area contributed by atoms with Gasteiger partial charge in [0, 0.05) is 23.7 Å². The van der Waals surface area contributed by atoms with E-state index in [1.54, 1.807) is 33.5 Å². The quantitative estimate of drug-likeness (QED) is 0.865. The van der Waals surface area contributed by atoms with Crippen LogP contribution in [0.3, 0.4) is 0 Å². The summed E-state index contributed by atoms with van der Waals surface area (Å²) < 4.78 is 15.8. The number of anilines is 1. The molecule has 2 N–H and O–H groups in total. The van der Waals surface area contributed by atoms with Crippen LogP contribution in [-0.4, -0.2) is 40.3 Å². The molecule has 0 bridgehead atoms. The second-order valence-electron chi connectivity index (χ2n) is 4.93. The van der Waals surface area contributed by atoms with Crippen LogP contribution in [0, 0.1) is 5.92 Å². The number of hydrogen-bond donors (Lipinski definition) is 2. The van der Waals surface area contributed by atoms with Gasteiger partial charge in [-0.2, -0.15) is 0 Å². The Morgan fingerprint density at radius 2 is 1.64 bits per heavy atom. The molecule has 0 saturated carbocycles. The fourth-order valence-corrected chi connectivity index (χ4v) is 2.48. The second kappa shape index (κ2) is 8.70. The third kappa shape index (κ3) is 4.18. The zero-order valence-corrected chi connectivity index (χ0v) is 13.9. The van der Waals surface area contributed by atoms with Gasteiger partial charge in [-0.05, 0) is 25.9 Å². The Hall–Kier alpha value is -1.66. The molecule has 0 spiro atoms. The lowest BCUT2D eigenvalue weighted by molar-refractivity contribution is -0.120. The summed E-state index contributed by atoms with van der Waals surface area (Å²) in [6.07, 6.45) is 1.71. The van der Waals surface area contributed by atoms with Crippen LogP contribution in [0.15, 0.2) is 12.1 Å². The number of carbonyl (C=O) groups excluding carboxylic acids is 1. The zero-order chi connectivity index (χ0) is 15.2. The van der Waals surface area contributed by atoms with E-state index >= 15 is 0 Å². The summed E-state index contributed by atoms with van der Waals surface area (Å²) in [5.41, 5.74) is 0.646. The highest BCUT2D eigenvalue weighted by atomic mass is 35.5. The highest BCUT2D eigenvalue weighted by Gasteiger charge is 2.22. The van der Waals surface area contributed by atoms with Crippen molar-refractivity contribution in [1.82, 2.24) is 5.32 Å². The van der Waals surface area contributed by atoms with E-state index in [0.717, 1.165) is 25.9 Å². The number of amides is 1. The molecule has 124 valence electrons. The highest BCUT2D eigenvalue weighted by molar-refractivity contribution is 5.93. The molecule has 1 aliphatic rings. The Labute approximate surface area is 136 Å². The fraction of sp³-hybridized carbons (Fsp3) is 0.533. The van der Waals surface area contributed by atoms with Crippen LogP contribution in [0.1, 0.15) is 12.8 Å². The van der Waals surface area contributed by atoms with Gasteiger partial charge < -0.3 is 24.8 Å². The van der Waals surface area contributed by atoms with Crippen molar-refractivity contribution in [3.8, 4) is 17.2 Å². The van der Waals surface area contributed by atoms with Gasteiger partial charge in [0.15, 0.2) is 11.5 Å². The topological polar surface area (TPSA) is 68.8 Å². The molecular formula is C15H23ClN2O4. The smallest absolute Gasteiger partial charge is 0.227 e. The molecular weight excluding hydrogens is 308 g/mol. The van der Waals surface area contributed by atoms with Crippen molar-refractivity contribution >= 4 is 24.0 Å². The molecule has 0 radical (unpaired) electrons. The first-order valence-electron chi connectivity index (χ1n) is 7.01. The average molecular weight is 331 g/mol. The van der Waals surface area contributed by atoms with Crippen LogP contribution in [-0.2, 0) is 4.79 Å². The van der Waals surface area contributed by atoms with Gasteiger partial charge in [-0.25, -0.2) is 0 Å². The molecule has 1 heterocycles. The monoisotopic (exact) mass is 330 g/mol. The molecule has 22 heavy (non-hydrogen) atoms. The lowest BCUT2D eigenvalue weighted by atomic mass is 9.97. The Morgan fingerprint density at radius 3 is 2.09 bits per heavy atom. The standard InChI is InChI=1S/C15H22N2O4.ClH/c1-19-12-8-11(9-13(20-2)14(12)21-3)17-15(18)10-4-6-16-7-5-10;/h8-10,16H,4-7H2,1-3H3,(H,17,18);1H. The van der Waals surface area contributed by atoms with Gasteiger partial charge in [-0.3, -0.25) is 4.79 Å². The van der Waals surface area contributed by atoms with Crippen LogP contribution in [0.4, 0.5) is 5.69 Å². The number of benzene rings is 1. The minimum absolute atomic E-state index is 0. The van der Waals surface area contributed by atoms with Gasteiger partial charge in [0.25, 0.3) is 0 Å². The van der Waals surface area contributed by atoms with Gasteiger partial charge in [0.1, 0.15) is 0 Å². The number of hydrogen-bond acceptors (Lipinski definition) is 5. The molecule has 0 aromatic heterocycles. The molecule has 1 fully saturated rings. The molecule has 0 aliphatic carbocycles. The van der Waals surface area contributed by atoms with Crippen LogP contribution >= 0.6 is 12.4 Å². The summed E-state index contributed by atoms with van der Waals surface area (Å²) in [5.74, 6) is 1.64. The first kappa shape index (κ1) is 18.4. The molecule has 0 unspecified atom stereocenters. The van der Waals surface area contributed by atoms with E-state index in [9.17, 15) is 4.79 Å². The first-order chi connectivity index (χ1) is 10.2. The maximum Gasteiger partial charge on any atom is 0.227 e.